The SMILES string of the molecule is Cc1ccccc1NC(=O)CCSc1nc2ccccc2n1S(=O)(=O)c1ccccc1. The van der Waals surface area contributed by atoms with Crippen molar-refractivity contribution < 1.29 is 13.2 Å². The van der Waals surface area contributed by atoms with Crippen LogP contribution in [0.4, 0.5) is 5.69 Å². The van der Waals surface area contributed by atoms with Crippen molar-refractivity contribution in [3.8, 4) is 0 Å². The average Bonchev–Trinajstić information content (AvgIpc) is 3.15. The number of rotatable bonds is 7. The second-order valence-electron chi connectivity index (χ2n) is 6.93. The summed E-state index contributed by atoms with van der Waals surface area (Å²) in [6.45, 7) is 1.93. The predicted molar refractivity (Wildman–Crippen MR) is 124 cm³/mol. The summed E-state index contributed by atoms with van der Waals surface area (Å²) in [6.07, 6.45) is 0.230. The van der Waals surface area contributed by atoms with Crippen LogP contribution in [-0.4, -0.2) is 29.0 Å². The molecular formula is C23H21N3O3S2. The zero-order valence-corrected chi connectivity index (χ0v) is 18.5. The molecule has 8 heteroatoms. The third-order valence-electron chi connectivity index (χ3n) is 4.75. The van der Waals surface area contributed by atoms with Gasteiger partial charge in [-0.1, -0.05) is 60.3 Å². The molecule has 0 radical (unpaired) electrons. The van der Waals surface area contributed by atoms with Gasteiger partial charge in [-0.15, -0.1) is 0 Å². The minimum absolute atomic E-state index is 0.129. The number of carbonyl (C=O) groups excluding carboxylic acids is 1. The van der Waals surface area contributed by atoms with Crippen LogP contribution < -0.4 is 5.32 Å². The van der Waals surface area contributed by atoms with Crippen molar-refractivity contribution in [2.24, 2.45) is 0 Å². The summed E-state index contributed by atoms with van der Waals surface area (Å²) in [5.74, 6) is 0.265. The molecule has 0 aliphatic carbocycles. The molecule has 1 N–H and O–H groups in total. The van der Waals surface area contributed by atoms with Gasteiger partial charge in [0.25, 0.3) is 10.0 Å². The highest BCUT2D eigenvalue weighted by atomic mass is 32.2. The molecule has 1 aromatic heterocycles. The van der Waals surface area contributed by atoms with E-state index in [1.807, 2.05) is 37.3 Å². The van der Waals surface area contributed by atoms with Crippen molar-refractivity contribution in [1.82, 2.24) is 8.96 Å². The zero-order valence-electron chi connectivity index (χ0n) is 16.9. The molecule has 3 aromatic carbocycles. The Morgan fingerprint density at radius 3 is 2.42 bits per heavy atom. The maximum atomic E-state index is 13.3. The highest BCUT2D eigenvalue weighted by Gasteiger charge is 2.24. The van der Waals surface area contributed by atoms with E-state index in [1.54, 1.807) is 48.5 Å². The lowest BCUT2D eigenvalue weighted by molar-refractivity contribution is -0.115. The molecule has 158 valence electrons. The van der Waals surface area contributed by atoms with Crippen LogP contribution in [0.3, 0.4) is 0 Å². The minimum atomic E-state index is -3.82. The lowest BCUT2D eigenvalue weighted by Gasteiger charge is -2.11. The number of hydrogen-bond donors (Lipinski definition) is 1. The van der Waals surface area contributed by atoms with Crippen molar-refractivity contribution in [2.75, 3.05) is 11.1 Å². The van der Waals surface area contributed by atoms with Crippen molar-refractivity contribution in [3.05, 3.63) is 84.4 Å². The van der Waals surface area contributed by atoms with Gasteiger partial charge in [0, 0.05) is 17.9 Å². The number of anilines is 1. The molecule has 0 atom stereocenters. The van der Waals surface area contributed by atoms with Gasteiger partial charge >= 0.3 is 0 Å². The maximum Gasteiger partial charge on any atom is 0.270 e. The van der Waals surface area contributed by atoms with Gasteiger partial charge in [-0.05, 0) is 42.8 Å². The second-order valence-corrected chi connectivity index (χ2v) is 9.78. The normalized spacial score (nSPS) is 11.5. The van der Waals surface area contributed by atoms with Gasteiger partial charge in [0.2, 0.25) is 5.91 Å². The number of nitrogens with zero attached hydrogens (tertiary/aromatic N) is 2. The minimum Gasteiger partial charge on any atom is -0.326 e. The largest absolute Gasteiger partial charge is 0.326 e. The molecule has 1 amide bonds. The van der Waals surface area contributed by atoms with Crippen LogP contribution in [0.25, 0.3) is 11.0 Å². The van der Waals surface area contributed by atoms with Crippen LogP contribution in [0, 0.1) is 6.92 Å². The quantitative estimate of drug-likeness (QED) is 0.412. The average molecular weight is 452 g/mol. The third-order valence-corrected chi connectivity index (χ3v) is 7.53. The molecule has 4 aromatic rings. The molecule has 4 rings (SSSR count). The number of benzene rings is 3. The predicted octanol–water partition coefficient (Wildman–Crippen LogP) is 4.70. The van der Waals surface area contributed by atoms with E-state index in [2.05, 4.69) is 10.3 Å². The van der Waals surface area contributed by atoms with Gasteiger partial charge in [0.1, 0.15) is 0 Å². The molecule has 0 bridgehead atoms. The second kappa shape index (κ2) is 8.95. The summed E-state index contributed by atoms with van der Waals surface area (Å²) in [5.41, 5.74) is 2.86. The van der Waals surface area contributed by atoms with E-state index >= 15 is 0 Å². The van der Waals surface area contributed by atoms with E-state index in [4.69, 9.17) is 0 Å². The van der Waals surface area contributed by atoms with E-state index in [9.17, 15) is 13.2 Å². The number of aromatic nitrogens is 2. The summed E-state index contributed by atoms with van der Waals surface area (Å²) in [5, 5.41) is 3.24. The Bertz CT molecular complexity index is 1330. The summed E-state index contributed by atoms with van der Waals surface area (Å²) in [4.78, 5) is 17.1. The molecule has 0 aliphatic heterocycles. The fraction of sp³-hybridized carbons (Fsp3) is 0.130. The summed E-state index contributed by atoms with van der Waals surface area (Å²) in [7, 11) is -3.82. The van der Waals surface area contributed by atoms with E-state index in [-0.39, 0.29) is 17.2 Å². The number of amides is 1. The van der Waals surface area contributed by atoms with Crippen LogP contribution in [0.15, 0.2) is 88.9 Å². The van der Waals surface area contributed by atoms with Crippen molar-refractivity contribution in [3.63, 3.8) is 0 Å². The molecule has 0 fully saturated rings. The number of nitrogens with one attached hydrogen (secondary N) is 1. The van der Waals surface area contributed by atoms with E-state index < -0.39 is 10.0 Å². The standard InChI is InChI=1S/C23H21N3O3S2/c1-17-9-5-6-12-19(17)24-22(27)15-16-30-23-25-20-13-7-8-14-21(20)26(23)31(28,29)18-10-3-2-4-11-18/h2-14H,15-16H2,1H3,(H,24,27). The number of imidazole rings is 1. The summed E-state index contributed by atoms with van der Waals surface area (Å²) < 4.78 is 27.9. The Kier molecular flexibility index (Phi) is 6.11. The van der Waals surface area contributed by atoms with Gasteiger partial charge in [-0.25, -0.2) is 17.4 Å². The number of hydrogen-bond acceptors (Lipinski definition) is 5. The number of fused-ring (bicyclic) bond motifs is 1. The molecule has 0 aliphatic rings. The number of aryl methyl sites for hydroxylation is 1. The first kappa shape index (κ1) is 21.1. The van der Waals surface area contributed by atoms with E-state index in [1.165, 1.54) is 15.7 Å². The van der Waals surface area contributed by atoms with Crippen LogP contribution in [0.2, 0.25) is 0 Å². The van der Waals surface area contributed by atoms with Crippen LogP contribution in [-0.2, 0) is 14.8 Å². The highest BCUT2D eigenvalue weighted by Crippen LogP contribution is 2.29. The Labute approximate surface area is 185 Å². The topological polar surface area (TPSA) is 81.1 Å². The first-order valence-corrected chi connectivity index (χ1v) is 12.2. The fourth-order valence-corrected chi connectivity index (χ4v) is 5.84. The fourth-order valence-electron chi connectivity index (χ4n) is 3.16. The lowest BCUT2D eigenvalue weighted by Crippen LogP contribution is -2.15. The van der Waals surface area contributed by atoms with Crippen LogP contribution in [0.1, 0.15) is 12.0 Å². The molecule has 1 heterocycles. The smallest absolute Gasteiger partial charge is 0.270 e. The Morgan fingerprint density at radius 1 is 0.968 bits per heavy atom. The Morgan fingerprint density at radius 2 is 1.65 bits per heavy atom. The highest BCUT2D eigenvalue weighted by molar-refractivity contribution is 8.00. The van der Waals surface area contributed by atoms with Crippen LogP contribution in [0.5, 0.6) is 0 Å². The lowest BCUT2D eigenvalue weighted by atomic mass is 10.2. The van der Waals surface area contributed by atoms with Crippen molar-refractivity contribution in [2.45, 2.75) is 23.4 Å². The van der Waals surface area contributed by atoms with E-state index in [0.29, 0.717) is 21.9 Å². The molecule has 31 heavy (non-hydrogen) atoms. The molecular weight excluding hydrogens is 430 g/mol. The summed E-state index contributed by atoms with van der Waals surface area (Å²) >= 11 is 1.25. The zero-order chi connectivity index (χ0) is 21.8. The molecule has 6 nitrogen and oxygen atoms in total. The number of carbonyl (C=O) groups is 1. The van der Waals surface area contributed by atoms with Crippen molar-refractivity contribution in [1.29, 1.82) is 0 Å². The first-order valence-electron chi connectivity index (χ1n) is 9.73. The van der Waals surface area contributed by atoms with Gasteiger partial charge in [0.05, 0.1) is 15.9 Å². The third kappa shape index (κ3) is 4.50. The summed E-state index contributed by atoms with van der Waals surface area (Å²) in [6, 6.07) is 23.0. The molecule has 0 unspecified atom stereocenters. The Hall–Kier alpha value is -3.10. The maximum absolute atomic E-state index is 13.3. The van der Waals surface area contributed by atoms with Gasteiger partial charge in [0.15, 0.2) is 5.16 Å². The molecule has 0 spiro atoms. The van der Waals surface area contributed by atoms with Crippen LogP contribution >= 0.6 is 11.8 Å². The number of thioether (sulfide) groups is 1. The van der Waals surface area contributed by atoms with E-state index in [0.717, 1.165) is 11.3 Å². The van der Waals surface area contributed by atoms with Gasteiger partial charge < -0.3 is 5.32 Å². The monoisotopic (exact) mass is 451 g/mol. The first-order chi connectivity index (χ1) is 15.0. The molecule has 0 saturated heterocycles. The molecule has 0 saturated carbocycles. The number of para-hydroxylation sites is 3. The van der Waals surface area contributed by atoms with Crippen molar-refractivity contribution >= 4 is 44.4 Å². The van der Waals surface area contributed by atoms with Gasteiger partial charge in [-0.3, -0.25) is 4.79 Å². The van der Waals surface area contributed by atoms with Gasteiger partial charge in [-0.2, -0.15) is 0 Å². The Balaban J connectivity index is 1.56.